The average Bonchev–Trinajstić information content (AvgIpc) is 3.14. The van der Waals surface area contributed by atoms with E-state index >= 15 is 0 Å². The van der Waals surface area contributed by atoms with Gasteiger partial charge in [-0.3, -0.25) is 4.79 Å². The third-order valence-corrected chi connectivity index (χ3v) is 5.36. The number of carbonyl (C=O) groups excluding carboxylic acids is 1. The number of hydrogen-bond acceptors (Lipinski definition) is 2. The Morgan fingerprint density at radius 1 is 1.07 bits per heavy atom. The molecule has 1 saturated carbocycles. The highest BCUT2D eigenvalue weighted by molar-refractivity contribution is 5.83. The maximum absolute atomic E-state index is 13.0. The number of para-hydroxylation sites is 1. The zero-order valence-corrected chi connectivity index (χ0v) is 16.9. The Kier molecular flexibility index (Phi) is 5.41. The van der Waals surface area contributed by atoms with Gasteiger partial charge in [-0.2, -0.15) is 0 Å². The van der Waals surface area contributed by atoms with Crippen molar-refractivity contribution in [2.24, 2.45) is 17.3 Å². The first-order valence-corrected chi connectivity index (χ1v) is 9.51. The van der Waals surface area contributed by atoms with E-state index < -0.39 is 0 Å². The van der Waals surface area contributed by atoms with Gasteiger partial charge >= 0.3 is 0 Å². The average molecular weight is 364 g/mol. The number of carbonyl (C=O) groups is 1. The molecule has 0 spiro atoms. The monoisotopic (exact) mass is 363 g/mol. The summed E-state index contributed by atoms with van der Waals surface area (Å²) in [5.74, 6) is 2.22. The van der Waals surface area contributed by atoms with Crippen molar-refractivity contribution in [1.82, 2.24) is 4.90 Å². The van der Waals surface area contributed by atoms with Crippen LogP contribution in [0.3, 0.4) is 0 Å². The summed E-state index contributed by atoms with van der Waals surface area (Å²) in [4.78, 5) is 14.8. The third kappa shape index (κ3) is 4.41. The molecular weight excluding hydrogens is 334 g/mol. The fourth-order valence-corrected chi connectivity index (χ4v) is 3.74. The van der Waals surface area contributed by atoms with Gasteiger partial charge in [-0.05, 0) is 55.0 Å². The van der Waals surface area contributed by atoms with Crippen LogP contribution in [0.1, 0.15) is 33.3 Å². The van der Waals surface area contributed by atoms with Gasteiger partial charge in [0.05, 0.1) is 5.92 Å². The lowest BCUT2D eigenvalue weighted by atomic mass is 10.1. The Bertz CT molecular complexity index is 834. The predicted molar refractivity (Wildman–Crippen MR) is 110 cm³/mol. The Balaban J connectivity index is 1.66. The molecule has 0 radical (unpaired) electrons. The molecule has 1 aliphatic carbocycles. The van der Waals surface area contributed by atoms with Crippen LogP contribution in [0.15, 0.2) is 66.2 Å². The smallest absolute Gasteiger partial charge is 0.226 e. The van der Waals surface area contributed by atoms with Crippen LogP contribution < -0.4 is 4.74 Å². The minimum atomic E-state index is 0.0425. The predicted octanol–water partition coefficient (Wildman–Crippen LogP) is 5.68. The van der Waals surface area contributed by atoms with E-state index in [9.17, 15) is 4.79 Å². The standard InChI is InChI=1S/C24H29NO2/c1-17(2)14-21-22(24(21,3)4)23(26)25(5)16-18-10-9-13-20(15-18)27-19-11-7-6-8-12-19/h6-15,21-22H,16H2,1-5H3. The van der Waals surface area contributed by atoms with Crippen LogP contribution in [0.25, 0.3) is 0 Å². The van der Waals surface area contributed by atoms with Crippen LogP contribution in [0.5, 0.6) is 11.5 Å². The molecule has 3 nitrogen and oxygen atoms in total. The van der Waals surface area contributed by atoms with Crippen LogP contribution >= 0.6 is 0 Å². The third-order valence-electron chi connectivity index (χ3n) is 5.36. The van der Waals surface area contributed by atoms with Crippen molar-refractivity contribution in [2.45, 2.75) is 34.2 Å². The molecule has 2 aromatic carbocycles. The molecule has 2 unspecified atom stereocenters. The Labute approximate surface area is 162 Å². The SMILES string of the molecule is CC(C)=CC1C(C(=O)N(C)Cc2cccc(Oc3ccccc3)c2)C1(C)C. The van der Waals surface area contributed by atoms with Crippen molar-refractivity contribution in [3.05, 3.63) is 71.8 Å². The number of hydrogen-bond donors (Lipinski definition) is 0. The zero-order valence-electron chi connectivity index (χ0n) is 16.9. The fraction of sp³-hybridized carbons (Fsp3) is 0.375. The van der Waals surface area contributed by atoms with E-state index in [2.05, 4.69) is 33.8 Å². The number of ether oxygens (including phenoxy) is 1. The van der Waals surface area contributed by atoms with Crippen molar-refractivity contribution in [3.63, 3.8) is 0 Å². The topological polar surface area (TPSA) is 29.5 Å². The first-order chi connectivity index (χ1) is 12.8. The highest BCUT2D eigenvalue weighted by Gasteiger charge is 2.60. The highest BCUT2D eigenvalue weighted by atomic mass is 16.5. The number of rotatable bonds is 6. The summed E-state index contributed by atoms with van der Waals surface area (Å²) in [5.41, 5.74) is 2.38. The number of amides is 1. The molecule has 3 heteroatoms. The van der Waals surface area contributed by atoms with Gasteiger partial charge < -0.3 is 9.64 Å². The van der Waals surface area contributed by atoms with Gasteiger partial charge in [0, 0.05) is 13.6 Å². The Morgan fingerprint density at radius 2 is 1.74 bits per heavy atom. The van der Waals surface area contributed by atoms with E-state index in [1.165, 1.54) is 5.57 Å². The second kappa shape index (κ2) is 7.59. The molecule has 142 valence electrons. The lowest BCUT2D eigenvalue weighted by Crippen LogP contribution is -2.29. The summed E-state index contributed by atoms with van der Waals surface area (Å²) >= 11 is 0. The Morgan fingerprint density at radius 3 is 2.41 bits per heavy atom. The van der Waals surface area contributed by atoms with Crippen LogP contribution in [-0.2, 0) is 11.3 Å². The summed E-state index contributed by atoms with van der Waals surface area (Å²) in [5, 5.41) is 0. The fourth-order valence-electron chi connectivity index (χ4n) is 3.74. The molecule has 1 amide bonds. The van der Waals surface area contributed by atoms with Gasteiger partial charge in [0.25, 0.3) is 0 Å². The second-order valence-electron chi connectivity index (χ2n) is 8.33. The second-order valence-corrected chi connectivity index (χ2v) is 8.33. The molecule has 0 N–H and O–H groups in total. The molecule has 0 saturated heterocycles. The maximum atomic E-state index is 13.0. The van der Waals surface area contributed by atoms with E-state index in [0.717, 1.165) is 17.1 Å². The van der Waals surface area contributed by atoms with Gasteiger partial charge in [0.1, 0.15) is 11.5 Å². The lowest BCUT2D eigenvalue weighted by molar-refractivity contribution is -0.132. The summed E-state index contributed by atoms with van der Waals surface area (Å²) in [6.45, 7) is 9.14. The van der Waals surface area contributed by atoms with E-state index in [0.29, 0.717) is 12.5 Å². The van der Waals surface area contributed by atoms with Crippen molar-refractivity contribution in [2.75, 3.05) is 7.05 Å². The highest BCUT2D eigenvalue weighted by Crippen LogP contribution is 2.60. The molecule has 0 heterocycles. The zero-order chi connectivity index (χ0) is 19.6. The molecule has 0 bridgehead atoms. The van der Waals surface area contributed by atoms with Crippen LogP contribution in [-0.4, -0.2) is 17.9 Å². The van der Waals surface area contributed by atoms with Gasteiger partial charge in [0.2, 0.25) is 5.91 Å². The molecule has 3 rings (SSSR count). The van der Waals surface area contributed by atoms with Gasteiger partial charge in [-0.1, -0.05) is 55.8 Å². The summed E-state index contributed by atoms with van der Waals surface area (Å²) in [6, 6.07) is 17.7. The molecular formula is C24H29NO2. The Hall–Kier alpha value is -2.55. The van der Waals surface area contributed by atoms with Gasteiger partial charge in [-0.15, -0.1) is 0 Å². The van der Waals surface area contributed by atoms with Gasteiger partial charge in [0.15, 0.2) is 0 Å². The largest absolute Gasteiger partial charge is 0.457 e. The minimum Gasteiger partial charge on any atom is -0.457 e. The first kappa shape index (κ1) is 19.2. The summed E-state index contributed by atoms with van der Waals surface area (Å²) in [6.07, 6.45) is 2.24. The summed E-state index contributed by atoms with van der Waals surface area (Å²) in [7, 11) is 1.89. The molecule has 1 fully saturated rings. The van der Waals surface area contributed by atoms with Gasteiger partial charge in [-0.25, -0.2) is 0 Å². The number of benzene rings is 2. The molecule has 2 aromatic rings. The van der Waals surface area contributed by atoms with Crippen molar-refractivity contribution >= 4 is 5.91 Å². The molecule has 0 aliphatic heterocycles. The molecule has 0 aromatic heterocycles. The molecule has 27 heavy (non-hydrogen) atoms. The minimum absolute atomic E-state index is 0.0425. The van der Waals surface area contributed by atoms with Crippen LogP contribution in [0.4, 0.5) is 0 Å². The van der Waals surface area contributed by atoms with E-state index in [1.54, 1.807) is 0 Å². The van der Waals surface area contributed by atoms with E-state index in [1.807, 2.05) is 66.5 Å². The molecule has 2 atom stereocenters. The normalized spacial score (nSPS) is 19.9. The lowest BCUT2D eigenvalue weighted by Gasteiger charge is -2.19. The quantitative estimate of drug-likeness (QED) is 0.618. The van der Waals surface area contributed by atoms with Crippen molar-refractivity contribution in [1.29, 1.82) is 0 Å². The number of allylic oxidation sites excluding steroid dienone is 2. The number of nitrogens with zero attached hydrogens (tertiary/aromatic N) is 1. The van der Waals surface area contributed by atoms with E-state index in [-0.39, 0.29) is 17.2 Å². The van der Waals surface area contributed by atoms with Crippen molar-refractivity contribution < 1.29 is 9.53 Å². The van der Waals surface area contributed by atoms with Crippen LogP contribution in [0.2, 0.25) is 0 Å². The van der Waals surface area contributed by atoms with Crippen molar-refractivity contribution in [3.8, 4) is 11.5 Å². The first-order valence-electron chi connectivity index (χ1n) is 9.51. The van der Waals surface area contributed by atoms with Crippen LogP contribution in [0, 0.1) is 17.3 Å². The van der Waals surface area contributed by atoms with E-state index in [4.69, 9.17) is 4.74 Å². The summed E-state index contributed by atoms with van der Waals surface area (Å²) < 4.78 is 5.90. The maximum Gasteiger partial charge on any atom is 0.226 e. The molecule has 1 aliphatic rings.